The largest absolute Gasteiger partial charge is 0.481 e. The normalized spacial score (nSPS) is 13.8. The van der Waals surface area contributed by atoms with Crippen LogP contribution in [0.4, 0.5) is 0 Å². The van der Waals surface area contributed by atoms with E-state index in [-0.39, 0.29) is 5.92 Å². The quantitative estimate of drug-likeness (QED) is 0.484. The molecule has 0 aliphatic rings. The lowest BCUT2D eigenvalue weighted by atomic mass is 9.97. The van der Waals surface area contributed by atoms with Crippen molar-refractivity contribution in [3.05, 3.63) is 0 Å². The van der Waals surface area contributed by atoms with Crippen LogP contribution in [0.3, 0.4) is 0 Å². The number of hydrogen-bond donors (Lipinski definition) is 1. The molecule has 0 saturated heterocycles. The molecule has 0 bridgehead atoms. The highest BCUT2D eigenvalue weighted by molar-refractivity contribution is 6.00. The minimum Gasteiger partial charge on any atom is -0.481 e. The molecule has 94 valence electrons. The Hall–Kier alpha value is -0.860. The van der Waals surface area contributed by atoms with Crippen molar-refractivity contribution in [2.24, 2.45) is 10.9 Å². The van der Waals surface area contributed by atoms with Crippen LogP contribution >= 0.6 is 0 Å². The van der Waals surface area contributed by atoms with Crippen molar-refractivity contribution in [2.45, 2.75) is 59.3 Å². The van der Waals surface area contributed by atoms with E-state index in [1.165, 1.54) is 0 Å². The maximum Gasteiger partial charge on any atom is 0.312 e. The minimum atomic E-state index is -0.728. The molecule has 0 radical (unpaired) electrons. The van der Waals surface area contributed by atoms with Crippen LogP contribution in [0.15, 0.2) is 4.99 Å². The van der Waals surface area contributed by atoms with E-state index in [1.807, 2.05) is 6.92 Å². The third-order valence-electron chi connectivity index (χ3n) is 2.77. The monoisotopic (exact) mass is 227 g/mol. The summed E-state index contributed by atoms with van der Waals surface area (Å²) in [6.45, 7) is 6.85. The molecule has 0 aliphatic heterocycles. The number of carbonyl (C=O) groups is 1. The molecular weight excluding hydrogens is 202 g/mol. The van der Waals surface area contributed by atoms with E-state index < -0.39 is 5.97 Å². The maximum atomic E-state index is 11.1. The zero-order valence-corrected chi connectivity index (χ0v) is 10.8. The average Bonchev–Trinajstić information content (AvgIpc) is 2.24. The molecule has 1 unspecified atom stereocenters. The highest BCUT2D eigenvalue weighted by atomic mass is 16.4. The second-order valence-corrected chi connectivity index (χ2v) is 4.26. The lowest BCUT2D eigenvalue weighted by Crippen LogP contribution is -2.22. The first-order valence-corrected chi connectivity index (χ1v) is 6.37. The zero-order valence-electron chi connectivity index (χ0n) is 10.8. The maximum absolute atomic E-state index is 11.1. The fourth-order valence-corrected chi connectivity index (χ4v) is 1.63. The number of nitrogens with zero attached hydrogens (tertiary/aromatic N) is 1. The molecule has 0 heterocycles. The Labute approximate surface area is 99.0 Å². The molecule has 0 amide bonds. The van der Waals surface area contributed by atoms with Crippen LogP contribution < -0.4 is 0 Å². The number of carboxylic acids is 1. The topological polar surface area (TPSA) is 49.7 Å². The summed E-state index contributed by atoms with van der Waals surface area (Å²) in [7, 11) is 0. The summed E-state index contributed by atoms with van der Waals surface area (Å²) in [4.78, 5) is 15.4. The molecule has 16 heavy (non-hydrogen) atoms. The number of aliphatic carboxylic acids is 1. The predicted molar refractivity (Wildman–Crippen MR) is 68.2 cm³/mol. The van der Waals surface area contributed by atoms with Crippen LogP contribution in [-0.4, -0.2) is 23.3 Å². The summed E-state index contributed by atoms with van der Waals surface area (Å²) in [6.07, 6.45) is 6.08. The summed E-state index contributed by atoms with van der Waals surface area (Å²) < 4.78 is 0. The van der Waals surface area contributed by atoms with Crippen LogP contribution in [0.5, 0.6) is 0 Å². The van der Waals surface area contributed by atoms with E-state index in [4.69, 9.17) is 5.11 Å². The van der Waals surface area contributed by atoms with Gasteiger partial charge in [-0.25, -0.2) is 0 Å². The molecular formula is C13H25NO2. The highest BCUT2D eigenvalue weighted by Crippen LogP contribution is 2.12. The van der Waals surface area contributed by atoms with E-state index in [0.29, 0.717) is 0 Å². The van der Waals surface area contributed by atoms with E-state index in [1.54, 1.807) is 0 Å². The van der Waals surface area contributed by atoms with E-state index >= 15 is 0 Å². The van der Waals surface area contributed by atoms with Gasteiger partial charge in [-0.1, -0.05) is 39.5 Å². The first-order valence-electron chi connectivity index (χ1n) is 6.37. The standard InChI is InChI=1S/C13H25NO2/c1-4-6-8-9-12(13(15)16)11(3)14-10-7-5-2/h12H,4-10H2,1-3H3,(H,15,16). The molecule has 1 N–H and O–H groups in total. The van der Waals surface area contributed by atoms with Crippen LogP contribution in [-0.2, 0) is 4.79 Å². The van der Waals surface area contributed by atoms with Gasteiger partial charge in [0.25, 0.3) is 0 Å². The molecule has 0 aromatic carbocycles. The van der Waals surface area contributed by atoms with Gasteiger partial charge in [0, 0.05) is 12.3 Å². The van der Waals surface area contributed by atoms with Crippen molar-refractivity contribution >= 4 is 11.7 Å². The molecule has 0 aromatic heterocycles. The molecule has 0 rings (SSSR count). The first-order chi connectivity index (χ1) is 7.63. The summed E-state index contributed by atoms with van der Waals surface area (Å²) in [6, 6.07) is 0. The van der Waals surface area contributed by atoms with Gasteiger partial charge in [0.1, 0.15) is 0 Å². The number of carboxylic acid groups (broad SMARTS) is 1. The highest BCUT2D eigenvalue weighted by Gasteiger charge is 2.19. The second-order valence-electron chi connectivity index (χ2n) is 4.26. The molecule has 3 heteroatoms. The Kier molecular flexibility index (Phi) is 8.87. The van der Waals surface area contributed by atoms with Gasteiger partial charge in [-0.05, 0) is 19.8 Å². The van der Waals surface area contributed by atoms with Gasteiger partial charge in [-0.2, -0.15) is 0 Å². The molecule has 0 spiro atoms. The molecule has 0 aromatic rings. The summed E-state index contributed by atoms with van der Waals surface area (Å²) in [5.41, 5.74) is 0.789. The van der Waals surface area contributed by atoms with Crippen molar-refractivity contribution < 1.29 is 9.90 Å². The van der Waals surface area contributed by atoms with Crippen molar-refractivity contribution in [1.82, 2.24) is 0 Å². The van der Waals surface area contributed by atoms with Gasteiger partial charge < -0.3 is 5.11 Å². The predicted octanol–water partition coefficient (Wildman–Crippen LogP) is 3.53. The van der Waals surface area contributed by atoms with Crippen molar-refractivity contribution in [3.63, 3.8) is 0 Å². The average molecular weight is 227 g/mol. The van der Waals surface area contributed by atoms with E-state index in [0.717, 1.165) is 50.8 Å². The number of hydrogen-bond acceptors (Lipinski definition) is 2. The van der Waals surface area contributed by atoms with E-state index in [2.05, 4.69) is 18.8 Å². The zero-order chi connectivity index (χ0) is 12.4. The Morgan fingerprint density at radius 3 is 2.31 bits per heavy atom. The second kappa shape index (κ2) is 9.37. The minimum absolute atomic E-state index is 0.372. The van der Waals surface area contributed by atoms with Crippen molar-refractivity contribution in [2.75, 3.05) is 6.54 Å². The van der Waals surface area contributed by atoms with Crippen molar-refractivity contribution in [1.29, 1.82) is 0 Å². The molecule has 0 fully saturated rings. The van der Waals surface area contributed by atoms with Crippen LogP contribution in [0.1, 0.15) is 59.3 Å². The van der Waals surface area contributed by atoms with Gasteiger partial charge in [-0.15, -0.1) is 0 Å². The lowest BCUT2D eigenvalue weighted by Gasteiger charge is -2.11. The van der Waals surface area contributed by atoms with Gasteiger partial charge in [0.05, 0.1) is 5.92 Å². The van der Waals surface area contributed by atoms with Crippen LogP contribution in [0, 0.1) is 5.92 Å². The number of rotatable bonds is 9. The van der Waals surface area contributed by atoms with Gasteiger partial charge in [-0.3, -0.25) is 9.79 Å². The molecule has 1 atom stereocenters. The van der Waals surface area contributed by atoms with Crippen LogP contribution in [0.25, 0.3) is 0 Å². The Balaban J connectivity index is 4.17. The fourth-order valence-electron chi connectivity index (χ4n) is 1.63. The number of aliphatic imine (C=N–C) groups is 1. The Morgan fingerprint density at radius 1 is 1.19 bits per heavy atom. The van der Waals surface area contributed by atoms with Gasteiger partial charge in [0.15, 0.2) is 0 Å². The SMILES string of the molecule is CCCCCC(C(=O)O)C(C)=NCCCC. The van der Waals surface area contributed by atoms with Gasteiger partial charge in [0.2, 0.25) is 0 Å². The van der Waals surface area contributed by atoms with Crippen LogP contribution in [0.2, 0.25) is 0 Å². The smallest absolute Gasteiger partial charge is 0.312 e. The van der Waals surface area contributed by atoms with Crippen molar-refractivity contribution in [3.8, 4) is 0 Å². The fraction of sp³-hybridized carbons (Fsp3) is 0.846. The Bertz CT molecular complexity index is 224. The molecule has 0 saturated carbocycles. The van der Waals surface area contributed by atoms with E-state index in [9.17, 15) is 4.79 Å². The lowest BCUT2D eigenvalue weighted by molar-refractivity contribution is -0.139. The molecule has 0 aliphatic carbocycles. The first kappa shape index (κ1) is 15.1. The Morgan fingerprint density at radius 2 is 1.81 bits per heavy atom. The summed E-state index contributed by atoms with van der Waals surface area (Å²) in [5, 5.41) is 9.12. The summed E-state index contributed by atoms with van der Waals surface area (Å²) in [5.74, 6) is -1.10. The molecule has 3 nitrogen and oxygen atoms in total. The number of unbranched alkanes of at least 4 members (excludes halogenated alkanes) is 3. The third kappa shape index (κ3) is 6.59. The summed E-state index contributed by atoms with van der Waals surface area (Å²) >= 11 is 0. The third-order valence-corrected chi connectivity index (χ3v) is 2.77. The van der Waals surface area contributed by atoms with Gasteiger partial charge >= 0.3 is 5.97 Å².